The second-order valence-corrected chi connectivity index (χ2v) is 7.35. The van der Waals surface area contributed by atoms with E-state index < -0.39 is 0 Å². The van der Waals surface area contributed by atoms with Crippen molar-refractivity contribution < 1.29 is 0 Å². The monoisotopic (exact) mass is 337 g/mol. The van der Waals surface area contributed by atoms with Crippen LogP contribution in [0.5, 0.6) is 0 Å². The summed E-state index contributed by atoms with van der Waals surface area (Å²) in [6.45, 7) is 4.78. The number of hydrogen-bond donors (Lipinski definition) is 1. The molecule has 0 saturated heterocycles. The van der Waals surface area contributed by atoms with Gasteiger partial charge >= 0.3 is 0 Å². The lowest BCUT2D eigenvalue weighted by Crippen LogP contribution is -2.44. The number of anilines is 1. The number of guanidine groups is 1. The van der Waals surface area contributed by atoms with Gasteiger partial charge in [0.1, 0.15) is 0 Å². The summed E-state index contributed by atoms with van der Waals surface area (Å²) < 4.78 is 1.98. The van der Waals surface area contributed by atoms with E-state index in [1.54, 1.807) is 0 Å². The van der Waals surface area contributed by atoms with E-state index >= 15 is 0 Å². The molecule has 1 aromatic carbocycles. The lowest BCUT2D eigenvalue weighted by molar-refractivity contribution is 0.477. The van der Waals surface area contributed by atoms with Gasteiger partial charge in [-0.25, -0.2) is 0 Å². The fourth-order valence-electron chi connectivity index (χ4n) is 4.47. The van der Waals surface area contributed by atoms with Crippen LogP contribution >= 0.6 is 0 Å². The summed E-state index contributed by atoms with van der Waals surface area (Å²) in [5.41, 5.74) is 4.36. The molecule has 4 rings (SSSR count). The Morgan fingerprint density at radius 2 is 2.08 bits per heavy atom. The van der Waals surface area contributed by atoms with Crippen molar-refractivity contribution in [2.24, 2.45) is 4.99 Å². The number of para-hydroxylation sites is 1. The predicted octanol–water partition coefficient (Wildman–Crippen LogP) is 3.10. The van der Waals surface area contributed by atoms with Crippen molar-refractivity contribution in [1.29, 1.82) is 0 Å². The van der Waals surface area contributed by atoms with Gasteiger partial charge < -0.3 is 10.2 Å². The van der Waals surface area contributed by atoms with Crippen molar-refractivity contribution in [3.05, 3.63) is 47.8 Å². The first kappa shape index (κ1) is 16.2. The zero-order valence-corrected chi connectivity index (χ0v) is 15.2. The van der Waals surface area contributed by atoms with Crippen molar-refractivity contribution in [3.63, 3.8) is 0 Å². The number of hydrogen-bond acceptors (Lipinski definition) is 2. The third-order valence-electron chi connectivity index (χ3n) is 5.64. The van der Waals surface area contributed by atoms with Crippen LogP contribution < -0.4 is 10.2 Å². The van der Waals surface area contributed by atoms with Gasteiger partial charge in [-0.1, -0.05) is 31.0 Å². The molecule has 0 radical (unpaired) electrons. The zero-order valence-electron chi connectivity index (χ0n) is 15.2. The average molecular weight is 337 g/mol. The topological polar surface area (TPSA) is 45.5 Å². The van der Waals surface area contributed by atoms with Crippen molar-refractivity contribution in [2.45, 2.75) is 44.6 Å². The van der Waals surface area contributed by atoms with Gasteiger partial charge in [0.15, 0.2) is 5.96 Å². The normalized spacial score (nSPS) is 18.8. The average Bonchev–Trinajstić information content (AvgIpc) is 3.34. The van der Waals surface area contributed by atoms with E-state index in [1.165, 1.54) is 42.5 Å². The molecular formula is C20H27N5. The molecule has 1 spiro atoms. The number of aromatic nitrogens is 2. The lowest BCUT2D eigenvalue weighted by Gasteiger charge is -2.26. The molecule has 5 nitrogen and oxygen atoms in total. The summed E-state index contributed by atoms with van der Waals surface area (Å²) >= 11 is 0. The molecule has 25 heavy (non-hydrogen) atoms. The zero-order chi connectivity index (χ0) is 17.3. The summed E-state index contributed by atoms with van der Waals surface area (Å²) in [5.74, 6) is 0.972. The molecule has 1 aliphatic heterocycles. The van der Waals surface area contributed by atoms with Gasteiger partial charge in [0.05, 0.1) is 12.7 Å². The van der Waals surface area contributed by atoms with Crippen molar-refractivity contribution in [1.82, 2.24) is 15.1 Å². The predicted molar refractivity (Wildman–Crippen MR) is 102 cm³/mol. The van der Waals surface area contributed by atoms with E-state index in [1.807, 2.05) is 17.9 Å². The Kier molecular flexibility index (Phi) is 4.24. The van der Waals surface area contributed by atoms with Crippen LogP contribution in [0.3, 0.4) is 0 Å². The fourth-order valence-corrected chi connectivity index (χ4v) is 4.47. The summed E-state index contributed by atoms with van der Waals surface area (Å²) in [6.07, 6.45) is 9.24. The summed E-state index contributed by atoms with van der Waals surface area (Å²) in [5, 5.41) is 7.88. The first-order valence-electron chi connectivity index (χ1n) is 9.29. The Morgan fingerprint density at radius 3 is 2.80 bits per heavy atom. The Balaban J connectivity index is 1.50. The number of aryl methyl sites for hydroxylation is 1. The molecule has 1 fully saturated rings. The minimum absolute atomic E-state index is 0.327. The summed E-state index contributed by atoms with van der Waals surface area (Å²) in [4.78, 5) is 6.95. The van der Waals surface area contributed by atoms with E-state index in [0.717, 1.165) is 25.6 Å². The lowest BCUT2D eigenvalue weighted by atomic mass is 9.81. The molecule has 2 aliphatic rings. The maximum Gasteiger partial charge on any atom is 0.198 e. The molecule has 0 atom stereocenters. The van der Waals surface area contributed by atoms with E-state index in [2.05, 4.69) is 57.7 Å². The van der Waals surface area contributed by atoms with Crippen molar-refractivity contribution in [3.8, 4) is 0 Å². The second kappa shape index (κ2) is 6.54. The van der Waals surface area contributed by atoms with Crippen LogP contribution in [0, 0.1) is 6.92 Å². The highest BCUT2D eigenvalue weighted by atomic mass is 15.3. The molecule has 132 valence electrons. The smallest absolute Gasteiger partial charge is 0.198 e. The van der Waals surface area contributed by atoms with Crippen molar-refractivity contribution in [2.75, 3.05) is 25.0 Å². The number of nitrogens with zero attached hydrogens (tertiary/aromatic N) is 4. The van der Waals surface area contributed by atoms with Gasteiger partial charge in [-0.05, 0) is 37.0 Å². The largest absolute Gasteiger partial charge is 0.354 e. The number of rotatable bonds is 3. The highest BCUT2D eigenvalue weighted by Gasteiger charge is 2.45. The highest BCUT2D eigenvalue weighted by molar-refractivity contribution is 5.98. The first-order chi connectivity index (χ1) is 12.2. The molecular weight excluding hydrogens is 310 g/mol. The molecule has 0 amide bonds. The van der Waals surface area contributed by atoms with E-state index in [9.17, 15) is 0 Å². The number of benzene rings is 1. The minimum atomic E-state index is 0.327. The first-order valence-corrected chi connectivity index (χ1v) is 9.29. The van der Waals surface area contributed by atoms with Gasteiger partial charge in [0, 0.05) is 37.4 Å². The number of nitrogens with one attached hydrogen (secondary N) is 1. The van der Waals surface area contributed by atoms with Crippen LogP contribution in [0.25, 0.3) is 0 Å². The minimum Gasteiger partial charge on any atom is -0.354 e. The quantitative estimate of drug-likeness (QED) is 0.691. The Bertz CT molecular complexity index is 770. The summed E-state index contributed by atoms with van der Waals surface area (Å²) in [7, 11) is 1.88. The molecule has 0 bridgehead atoms. The van der Waals surface area contributed by atoms with Gasteiger partial charge in [0.2, 0.25) is 0 Å². The molecule has 0 unspecified atom stereocenters. The second-order valence-electron chi connectivity index (χ2n) is 7.35. The number of fused-ring (bicyclic) bond motifs is 2. The molecule has 1 aromatic heterocycles. The van der Waals surface area contributed by atoms with Crippen LogP contribution in [0.1, 0.15) is 36.8 Å². The fraction of sp³-hybridized carbons (Fsp3) is 0.500. The summed E-state index contributed by atoms with van der Waals surface area (Å²) in [6, 6.07) is 8.88. The molecule has 5 heteroatoms. The molecule has 2 aromatic rings. The van der Waals surface area contributed by atoms with Crippen LogP contribution in [0.4, 0.5) is 5.69 Å². The Morgan fingerprint density at radius 1 is 1.28 bits per heavy atom. The van der Waals surface area contributed by atoms with Crippen LogP contribution in [-0.4, -0.2) is 35.9 Å². The third-order valence-corrected chi connectivity index (χ3v) is 5.64. The Hall–Kier alpha value is -2.30. The molecule has 2 heterocycles. The maximum atomic E-state index is 4.56. The highest BCUT2D eigenvalue weighted by Crippen LogP contribution is 2.50. The molecule has 1 saturated carbocycles. The van der Waals surface area contributed by atoms with Crippen LogP contribution in [0.15, 0.2) is 41.7 Å². The standard InChI is InChI=1S/C20H27N5/c1-16-13-23-24(14-16)12-11-22-19(21-2)25-15-20(9-5-6-10-20)17-7-3-4-8-18(17)25/h3-4,7-8,13-14H,5-6,9-12,15H2,1-2H3,(H,21,22). The van der Waals surface area contributed by atoms with Gasteiger partial charge in [-0.3, -0.25) is 9.67 Å². The van der Waals surface area contributed by atoms with Crippen molar-refractivity contribution >= 4 is 11.6 Å². The van der Waals surface area contributed by atoms with E-state index in [0.29, 0.717) is 5.41 Å². The van der Waals surface area contributed by atoms with Gasteiger partial charge in [0.25, 0.3) is 0 Å². The van der Waals surface area contributed by atoms with E-state index in [-0.39, 0.29) is 0 Å². The van der Waals surface area contributed by atoms with Crippen LogP contribution in [0.2, 0.25) is 0 Å². The van der Waals surface area contributed by atoms with Crippen LogP contribution in [-0.2, 0) is 12.0 Å². The Labute approximate surface area is 149 Å². The maximum absolute atomic E-state index is 4.56. The van der Waals surface area contributed by atoms with Gasteiger partial charge in [-0.15, -0.1) is 0 Å². The molecule has 1 N–H and O–H groups in total. The van der Waals surface area contributed by atoms with Gasteiger partial charge in [-0.2, -0.15) is 5.10 Å². The molecule has 1 aliphatic carbocycles. The number of aliphatic imine (C=N–C) groups is 1. The third kappa shape index (κ3) is 2.92. The van der Waals surface area contributed by atoms with E-state index in [4.69, 9.17) is 0 Å². The SMILES string of the molecule is CN=C(NCCn1cc(C)cn1)N1CC2(CCCC2)c2ccccc21.